The Hall–Kier alpha value is -2.57. The van der Waals surface area contributed by atoms with Crippen LogP contribution in [0.15, 0.2) is 53.5 Å². The zero-order valence-corrected chi connectivity index (χ0v) is 15.0. The molecule has 138 valence electrons. The van der Waals surface area contributed by atoms with Gasteiger partial charge in [0.2, 0.25) is 0 Å². The number of nitrogens with zero attached hydrogens (tertiary/aromatic N) is 3. The van der Waals surface area contributed by atoms with Gasteiger partial charge in [-0.05, 0) is 36.6 Å². The van der Waals surface area contributed by atoms with E-state index in [0.29, 0.717) is 25.7 Å². The smallest absolute Gasteiger partial charge is 0.267 e. The van der Waals surface area contributed by atoms with E-state index in [1.54, 1.807) is 10.7 Å². The Kier molecular flexibility index (Phi) is 4.22. The standard InChI is InChI=1S/C21H22N4O2/c26-21-8-7-17(14-5-6-14)24-25(21)20-13-27-12-19(20)23-11-15-9-10-22-18-4-2-1-3-16(15)18/h1-4,7-10,14,19-20,23H,5-6,11-13H2. The molecule has 0 radical (unpaired) electrons. The van der Waals surface area contributed by atoms with Crippen molar-refractivity contribution in [3.05, 3.63) is 70.3 Å². The molecule has 2 fully saturated rings. The summed E-state index contributed by atoms with van der Waals surface area (Å²) in [6, 6.07) is 13.7. The topological polar surface area (TPSA) is 69.0 Å². The van der Waals surface area contributed by atoms with Gasteiger partial charge in [0.1, 0.15) is 0 Å². The van der Waals surface area contributed by atoms with Crippen molar-refractivity contribution in [1.29, 1.82) is 0 Å². The molecule has 1 saturated carbocycles. The van der Waals surface area contributed by atoms with E-state index < -0.39 is 0 Å². The van der Waals surface area contributed by atoms with Gasteiger partial charge in [0.25, 0.3) is 5.56 Å². The second-order valence-electron chi connectivity index (χ2n) is 7.39. The molecule has 1 aliphatic carbocycles. The Morgan fingerprint density at radius 3 is 2.89 bits per heavy atom. The summed E-state index contributed by atoms with van der Waals surface area (Å²) in [7, 11) is 0. The Morgan fingerprint density at radius 1 is 1.11 bits per heavy atom. The highest BCUT2D eigenvalue weighted by Crippen LogP contribution is 2.38. The fourth-order valence-electron chi connectivity index (χ4n) is 3.80. The van der Waals surface area contributed by atoms with Gasteiger partial charge in [-0.2, -0.15) is 5.10 Å². The average molecular weight is 362 g/mol. The highest BCUT2D eigenvalue weighted by Gasteiger charge is 2.32. The first-order valence-electron chi connectivity index (χ1n) is 9.53. The van der Waals surface area contributed by atoms with E-state index in [2.05, 4.69) is 21.5 Å². The highest BCUT2D eigenvalue weighted by atomic mass is 16.5. The summed E-state index contributed by atoms with van der Waals surface area (Å²) in [6.45, 7) is 1.79. The summed E-state index contributed by atoms with van der Waals surface area (Å²) in [6.07, 6.45) is 4.18. The molecular formula is C21H22N4O2. The summed E-state index contributed by atoms with van der Waals surface area (Å²) < 4.78 is 7.32. The first-order valence-corrected chi connectivity index (χ1v) is 9.53. The molecule has 2 aromatic heterocycles. The third-order valence-electron chi connectivity index (χ3n) is 5.50. The monoisotopic (exact) mass is 362 g/mol. The maximum atomic E-state index is 12.4. The molecule has 6 heteroatoms. The fraction of sp³-hybridized carbons (Fsp3) is 0.381. The molecule has 2 unspecified atom stereocenters. The molecule has 0 bridgehead atoms. The van der Waals surface area contributed by atoms with Crippen LogP contribution in [0.2, 0.25) is 0 Å². The molecule has 0 amide bonds. The molecule has 6 nitrogen and oxygen atoms in total. The second kappa shape index (κ2) is 6.87. The van der Waals surface area contributed by atoms with E-state index in [1.807, 2.05) is 36.5 Å². The number of nitrogens with one attached hydrogen (secondary N) is 1. The Morgan fingerprint density at radius 2 is 2.00 bits per heavy atom. The van der Waals surface area contributed by atoms with Crippen molar-refractivity contribution in [1.82, 2.24) is 20.1 Å². The predicted molar refractivity (Wildman–Crippen MR) is 103 cm³/mol. The third kappa shape index (κ3) is 3.26. The lowest BCUT2D eigenvalue weighted by Gasteiger charge is -2.21. The van der Waals surface area contributed by atoms with Crippen LogP contribution in [0.25, 0.3) is 10.9 Å². The van der Waals surface area contributed by atoms with Crippen LogP contribution in [0, 0.1) is 0 Å². The number of benzene rings is 1. The van der Waals surface area contributed by atoms with E-state index in [-0.39, 0.29) is 17.6 Å². The van der Waals surface area contributed by atoms with Crippen LogP contribution in [0.1, 0.15) is 36.1 Å². The summed E-state index contributed by atoms with van der Waals surface area (Å²) in [4.78, 5) is 16.8. The summed E-state index contributed by atoms with van der Waals surface area (Å²) >= 11 is 0. The lowest BCUT2D eigenvalue weighted by atomic mass is 10.1. The van der Waals surface area contributed by atoms with Crippen molar-refractivity contribution < 1.29 is 4.74 Å². The predicted octanol–water partition coefficient (Wildman–Crippen LogP) is 2.40. The van der Waals surface area contributed by atoms with Crippen LogP contribution in [0.4, 0.5) is 0 Å². The van der Waals surface area contributed by atoms with E-state index in [0.717, 1.165) is 16.6 Å². The summed E-state index contributed by atoms with van der Waals surface area (Å²) in [5.41, 5.74) is 3.15. The van der Waals surface area contributed by atoms with Crippen LogP contribution < -0.4 is 10.9 Å². The maximum absolute atomic E-state index is 12.4. The maximum Gasteiger partial charge on any atom is 0.267 e. The summed E-state index contributed by atoms with van der Waals surface area (Å²) in [5.74, 6) is 0.522. The zero-order valence-electron chi connectivity index (χ0n) is 15.0. The number of pyridine rings is 1. The number of hydrogen-bond acceptors (Lipinski definition) is 5. The number of hydrogen-bond donors (Lipinski definition) is 1. The van der Waals surface area contributed by atoms with Crippen molar-refractivity contribution in [2.45, 2.75) is 37.4 Å². The van der Waals surface area contributed by atoms with E-state index in [9.17, 15) is 4.79 Å². The van der Waals surface area contributed by atoms with Crippen LogP contribution in [0.5, 0.6) is 0 Å². The molecule has 27 heavy (non-hydrogen) atoms. The molecule has 3 aromatic rings. The SMILES string of the molecule is O=c1ccc(C2CC2)nn1C1COCC1NCc1ccnc2ccccc12. The first kappa shape index (κ1) is 16.6. The van der Waals surface area contributed by atoms with Crippen molar-refractivity contribution in [3.8, 4) is 0 Å². The molecule has 0 spiro atoms. The van der Waals surface area contributed by atoms with Crippen LogP contribution in [-0.4, -0.2) is 34.0 Å². The fourth-order valence-corrected chi connectivity index (χ4v) is 3.80. The second-order valence-corrected chi connectivity index (χ2v) is 7.39. The van der Waals surface area contributed by atoms with Crippen molar-refractivity contribution in [2.75, 3.05) is 13.2 Å². The van der Waals surface area contributed by atoms with Crippen molar-refractivity contribution in [2.24, 2.45) is 0 Å². The van der Waals surface area contributed by atoms with Crippen LogP contribution in [0.3, 0.4) is 0 Å². The first-order chi connectivity index (χ1) is 13.3. The van der Waals surface area contributed by atoms with E-state index >= 15 is 0 Å². The largest absolute Gasteiger partial charge is 0.377 e. The molecule has 1 N–H and O–H groups in total. The molecular weight excluding hydrogens is 340 g/mol. The molecule has 5 rings (SSSR count). The number of rotatable bonds is 5. The highest BCUT2D eigenvalue weighted by molar-refractivity contribution is 5.81. The van der Waals surface area contributed by atoms with E-state index in [4.69, 9.17) is 4.74 Å². The quantitative estimate of drug-likeness (QED) is 0.755. The Labute approximate surface area is 157 Å². The van der Waals surface area contributed by atoms with Gasteiger partial charge < -0.3 is 10.1 Å². The van der Waals surface area contributed by atoms with Crippen molar-refractivity contribution in [3.63, 3.8) is 0 Å². The van der Waals surface area contributed by atoms with Crippen LogP contribution in [-0.2, 0) is 11.3 Å². The van der Waals surface area contributed by atoms with Crippen molar-refractivity contribution >= 4 is 10.9 Å². The Bertz CT molecular complexity index is 1020. The van der Waals surface area contributed by atoms with Gasteiger partial charge in [0.05, 0.1) is 36.5 Å². The number of para-hydroxylation sites is 1. The normalized spacial score (nSPS) is 22.4. The molecule has 2 atom stereocenters. The van der Waals surface area contributed by atoms with Gasteiger partial charge in [-0.1, -0.05) is 18.2 Å². The molecule has 1 aromatic carbocycles. The van der Waals surface area contributed by atoms with Gasteiger partial charge in [0.15, 0.2) is 0 Å². The van der Waals surface area contributed by atoms with Gasteiger partial charge in [0, 0.05) is 30.1 Å². The van der Waals surface area contributed by atoms with E-state index in [1.165, 1.54) is 18.4 Å². The lowest BCUT2D eigenvalue weighted by molar-refractivity contribution is 0.180. The number of aromatic nitrogens is 3. The number of ether oxygens (including phenoxy) is 1. The van der Waals surface area contributed by atoms with Gasteiger partial charge in [-0.25, -0.2) is 4.68 Å². The molecule has 1 aliphatic heterocycles. The minimum atomic E-state index is -0.0794. The summed E-state index contributed by atoms with van der Waals surface area (Å²) in [5, 5.41) is 9.37. The zero-order chi connectivity index (χ0) is 18.2. The lowest BCUT2D eigenvalue weighted by Crippen LogP contribution is -2.41. The molecule has 1 saturated heterocycles. The van der Waals surface area contributed by atoms with Crippen LogP contribution >= 0.6 is 0 Å². The van der Waals surface area contributed by atoms with Gasteiger partial charge in [-0.15, -0.1) is 0 Å². The molecule has 2 aliphatic rings. The Balaban J connectivity index is 1.37. The third-order valence-corrected chi connectivity index (χ3v) is 5.50. The minimum absolute atomic E-state index is 0.0524. The minimum Gasteiger partial charge on any atom is -0.377 e. The van der Waals surface area contributed by atoms with Gasteiger partial charge >= 0.3 is 0 Å². The average Bonchev–Trinajstić information content (AvgIpc) is 3.45. The van der Waals surface area contributed by atoms with Gasteiger partial charge in [-0.3, -0.25) is 9.78 Å². The number of fused-ring (bicyclic) bond motifs is 1. The molecule has 3 heterocycles.